The molecule has 0 aromatic carbocycles. The molecule has 2 amide bonds. The fourth-order valence-electron chi connectivity index (χ4n) is 2.74. The molecule has 1 aromatic heterocycles. The zero-order valence-electron chi connectivity index (χ0n) is 15.0. The minimum atomic E-state index is -3.06. The first-order valence-corrected chi connectivity index (χ1v) is 10.8. The molecule has 1 saturated heterocycles. The number of nitrogens with zero attached hydrogens (tertiary/aromatic N) is 3. The van der Waals surface area contributed by atoms with Crippen LogP contribution in [0, 0.1) is 0 Å². The SMILES string of the molecule is CC(C(=O)N(C)C1CCS(=O)(=O)C1)N(C)CC(=O)Nc1ccc(Br)cn1. The molecule has 2 rings (SSSR count). The van der Waals surface area contributed by atoms with Crippen molar-refractivity contribution in [1.82, 2.24) is 14.8 Å². The first-order valence-electron chi connectivity index (χ1n) is 8.18. The van der Waals surface area contributed by atoms with Crippen LogP contribution in [-0.2, 0) is 19.4 Å². The third-order valence-electron chi connectivity index (χ3n) is 4.51. The molecule has 0 saturated carbocycles. The third kappa shape index (κ3) is 5.49. The van der Waals surface area contributed by atoms with Crippen molar-refractivity contribution in [2.45, 2.75) is 25.4 Å². The molecule has 1 fully saturated rings. The van der Waals surface area contributed by atoms with Gasteiger partial charge in [-0.15, -0.1) is 0 Å². The van der Waals surface area contributed by atoms with Crippen molar-refractivity contribution in [3.8, 4) is 0 Å². The van der Waals surface area contributed by atoms with Gasteiger partial charge in [-0.1, -0.05) is 0 Å². The maximum atomic E-state index is 12.6. The Kier molecular flexibility index (Phi) is 6.75. The molecule has 0 aliphatic carbocycles. The van der Waals surface area contributed by atoms with E-state index in [9.17, 15) is 18.0 Å². The fourth-order valence-corrected chi connectivity index (χ4v) is 4.75. The summed E-state index contributed by atoms with van der Waals surface area (Å²) < 4.78 is 24.0. The molecule has 0 spiro atoms. The Bertz CT molecular complexity index is 769. The predicted octanol–water partition coefficient (Wildman–Crippen LogP) is 0.748. The Balaban J connectivity index is 1.89. The molecule has 2 unspecified atom stereocenters. The lowest BCUT2D eigenvalue weighted by Gasteiger charge is -2.30. The molecular weight excluding hydrogens is 424 g/mol. The highest BCUT2D eigenvalue weighted by Gasteiger charge is 2.35. The number of hydrogen-bond donors (Lipinski definition) is 1. The van der Waals surface area contributed by atoms with Gasteiger partial charge in [-0.05, 0) is 48.5 Å². The van der Waals surface area contributed by atoms with Gasteiger partial charge in [0.2, 0.25) is 11.8 Å². The van der Waals surface area contributed by atoms with E-state index in [4.69, 9.17) is 0 Å². The van der Waals surface area contributed by atoms with Crippen molar-refractivity contribution in [1.29, 1.82) is 0 Å². The van der Waals surface area contributed by atoms with Crippen molar-refractivity contribution in [3.63, 3.8) is 0 Å². The number of carbonyl (C=O) groups is 2. The lowest BCUT2D eigenvalue weighted by molar-refractivity contribution is -0.136. The number of hydrogen-bond acceptors (Lipinski definition) is 6. The summed E-state index contributed by atoms with van der Waals surface area (Å²) in [6.07, 6.45) is 2.03. The van der Waals surface area contributed by atoms with Crippen LogP contribution in [0.1, 0.15) is 13.3 Å². The molecule has 10 heteroatoms. The minimum Gasteiger partial charge on any atom is -0.340 e. The molecule has 2 heterocycles. The highest BCUT2D eigenvalue weighted by molar-refractivity contribution is 9.10. The minimum absolute atomic E-state index is 0.00139. The molecule has 1 N–H and O–H groups in total. The highest BCUT2D eigenvalue weighted by Crippen LogP contribution is 2.18. The molecule has 1 aliphatic heterocycles. The Hall–Kier alpha value is -1.52. The summed E-state index contributed by atoms with van der Waals surface area (Å²) >= 11 is 3.27. The first kappa shape index (κ1) is 20.8. The standard InChI is InChI=1S/C16H23BrN4O4S/c1-11(16(23)21(3)13-6-7-26(24,25)10-13)20(2)9-15(22)19-14-5-4-12(17)8-18-14/h4-5,8,11,13H,6-7,9-10H2,1-3H3,(H,18,19,22). The van der Waals surface area contributed by atoms with E-state index in [1.807, 2.05) is 0 Å². The van der Waals surface area contributed by atoms with Gasteiger partial charge in [-0.2, -0.15) is 0 Å². The smallest absolute Gasteiger partial charge is 0.239 e. The van der Waals surface area contributed by atoms with Gasteiger partial charge in [-0.25, -0.2) is 13.4 Å². The van der Waals surface area contributed by atoms with Crippen LogP contribution in [-0.4, -0.2) is 79.2 Å². The second-order valence-corrected chi connectivity index (χ2v) is 9.65. The lowest BCUT2D eigenvalue weighted by atomic mass is 10.2. The summed E-state index contributed by atoms with van der Waals surface area (Å²) in [7, 11) is 0.234. The van der Waals surface area contributed by atoms with E-state index in [1.54, 1.807) is 44.2 Å². The van der Waals surface area contributed by atoms with Crippen LogP contribution in [0.15, 0.2) is 22.8 Å². The fraction of sp³-hybridized carbons (Fsp3) is 0.562. The van der Waals surface area contributed by atoms with E-state index < -0.39 is 15.9 Å². The number of pyridine rings is 1. The summed E-state index contributed by atoms with van der Waals surface area (Å²) in [6.45, 7) is 1.72. The third-order valence-corrected chi connectivity index (χ3v) is 6.73. The van der Waals surface area contributed by atoms with Gasteiger partial charge in [0.25, 0.3) is 0 Å². The van der Waals surface area contributed by atoms with Crippen molar-refractivity contribution < 1.29 is 18.0 Å². The molecule has 1 aliphatic rings. The van der Waals surface area contributed by atoms with Gasteiger partial charge in [0.15, 0.2) is 9.84 Å². The van der Waals surface area contributed by atoms with Crippen molar-refractivity contribution in [2.24, 2.45) is 0 Å². The van der Waals surface area contributed by atoms with E-state index in [0.29, 0.717) is 12.2 Å². The monoisotopic (exact) mass is 446 g/mol. The van der Waals surface area contributed by atoms with Gasteiger partial charge in [0, 0.05) is 23.8 Å². The molecular formula is C16H23BrN4O4S. The predicted molar refractivity (Wildman–Crippen MR) is 102 cm³/mol. The number of rotatable bonds is 6. The summed E-state index contributed by atoms with van der Waals surface area (Å²) in [5.74, 6) is 0.0554. The number of likely N-dealkylation sites (N-methyl/N-ethyl adjacent to an activating group) is 2. The van der Waals surface area contributed by atoms with Crippen LogP contribution < -0.4 is 5.32 Å². The topological polar surface area (TPSA) is 99.7 Å². The van der Waals surface area contributed by atoms with Crippen LogP contribution in [0.4, 0.5) is 5.82 Å². The number of halogens is 1. The van der Waals surface area contributed by atoms with Gasteiger partial charge in [-0.3, -0.25) is 14.5 Å². The van der Waals surface area contributed by atoms with Crippen molar-refractivity contribution in [2.75, 3.05) is 37.5 Å². The van der Waals surface area contributed by atoms with Gasteiger partial charge >= 0.3 is 0 Å². The molecule has 2 atom stereocenters. The number of carbonyl (C=O) groups excluding carboxylic acids is 2. The number of aromatic nitrogens is 1. The Morgan fingerprint density at radius 3 is 2.62 bits per heavy atom. The first-order chi connectivity index (χ1) is 12.1. The molecule has 26 heavy (non-hydrogen) atoms. The van der Waals surface area contributed by atoms with E-state index >= 15 is 0 Å². The second kappa shape index (κ2) is 8.45. The summed E-state index contributed by atoms with van der Waals surface area (Å²) in [6, 6.07) is 2.59. The second-order valence-electron chi connectivity index (χ2n) is 6.51. The molecule has 8 nitrogen and oxygen atoms in total. The highest BCUT2D eigenvalue weighted by atomic mass is 79.9. The molecule has 0 bridgehead atoms. The van der Waals surface area contributed by atoms with Gasteiger partial charge < -0.3 is 10.2 Å². The zero-order chi connectivity index (χ0) is 19.5. The lowest BCUT2D eigenvalue weighted by Crippen LogP contribution is -2.49. The van der Waals surface area contributed by atoms with Crippen molar-refractivity contribution >= 4 is 43.4 Å². The average molecular weight is 447 g/mol. The Morgan fingerprint density at radius 2 is 2.08 bits per heavy atom. The number of sulfone groups is 1. The van der Waals surface area contributed by atoms with E-state index in [2.05, 4.69) is 26.2 Å². The van der Waals surface area contributed by atoms with E-state index in [0.717, 1.165) is 4.47 Å². The van der Waals surface area contributed by atoms with Gasteiger partial charge in [0.05, 0.1) is 24.1 Å². The summed E-state index contributed by atoms with van der Waals surface area (Å²) in [5.41, 5.74) is 0. The quantitative estimate of drug-likeness (QED) is 0.691. The van der Waals surface area contributed by atoms with Crippen LogP contribution in [0.2, 0.25) is 0 Å². The van der Waals surface area contributed by atoms with Crippen LogP contribution >= 0.6 is 15.9 Å². The largest absolute Gasteiger partial charge is 0.340 e. The summed E-state index contributed by atoms with van der Waals surface area (Å²) in [4.78, 5) is 31.9. The van der Waals surface area contributed by atoms with Crippen LogP contribution in [0.5, 0.6) is 0 Å². The Labute approximate surface area is 162 Å². The number of amides is 2. The van der Waals surface area contributed by atoms with Crippen LogP contribution in [0.25, 0.3) is 0 Å². The molecule has 1 aromatic rings. The molecule has 144 valence electrons. The maximum Gasteiger partial charge on any atom is 0.239 e. The summed E-state index contributed by atoms with van der Waals surface area (Å²) in [5, 5.41) is 2.67. The van der Waals surface area contributed by atoms with Gasteiger partial charge in [0.1, 0.15) is 5.82 Å². The van der Waals surface area contributed by atoms with Crippen molar-refractivity contribution in [3.05, 3.63) is 22.8 Å². The molecule has 0 radical (unpaired) electrons. The zero-order valence-corrected chi connectivity index (χ0v) is 17.4. The number of nitrogens with one attached hydrogen (secondary N) is 1. The maximum absolute atomic E-state index is 12.6. The van der Waals surface area contributed by atoms with Crippen LogP contribution in [0.3, 0.4) is 0 Å². The van der Waals surface area contributed by atoms with E-state index in [-0.39, 0.29) is 35.9 Å². The number of anilines is 1. The Morgan fingerprint density at radius 1 is 1.38 bits per heavy atom. The van der Waals surface area contributed by atoms with E-state index in [1.165, 1.54) is 4.90 Å². The average Bonchev–Trinajstić information content (AvgIpc) is 2.94. The normalized spacial score (nSPS) is 20.0.